The molecule has 0 bridgehead atoms. The summed E-state index contributed by atoms with van der Waals surface area (Å²) in [6, 6.07) is 21.1. The molecule has 0 aliphatic heterocycles. The van der Waals surface area contributed by atoms with Crippen LogP contribution in [0.25, 0.3) is 10.8 Å². The number of carbonyl (C=O) groups excluding carboxylic acids is 1. The molecule has 0 radical (unpaired) electrons. The molecule has 134 valence electrons. The number of carbonyl (C=O) groups is 1. The quantitative estimate of drug-likeness (QED) is 0.679. The van der Waals surface area contributed by atoms with Crippen molar-refractivity contribution in [2.24, 2.45) is 0 Å². The third-order valence-corrected chi connectivity index (χ3v) is 3.92. The Balaban J connectivity index is 1.66. The van der Waals surface area contributed by atoms with Crippen LogP contribution in [-0.2, 0) is 4.79 Å². The van der Waals surface area contributed by atoms with Crippen LogP contribution in [0, 0.1) is 0 Å². The van der Waals surface area contributed by atoms with Crippen LogP contribution < -0.4 is 14.8 Å². The molecule has 4 nitrogen and oxygen atoms in total. The van der Waals surface area contributed by atoms with Crippen molar-refractivity contribution >= 4 is 22.4 Å². The van der Waals surface area contributed by atoms with Gasteiger partial charge < -0.3 is 14.8 Å². The summed E-state index contributed by atoms with van der Waals surface area (Å²) in [6.45, 7) is 5.69. The smallest absolute Gasteiger partial charge is 0.265 e. The number of hydrogen-bond acceptors (Lipinski definition) is 3. The fourth-order valence-corrected chi connectivity index (χ4v) is 2.68. The highest BCUT2D eigenvalue weighted by Gasteiger charge is 2.16. The summed E-state index contributed by atoms with van der Waals surface area (Å²) < 4.78 is 11.5. The van der Waals surface area contributed by atoms with Gasteiger partial charge in [-0.2, -0.15) is 0 Å². The Morgan fingerprint density at radius 2 is 1.54 bits per heavy atom. The monoisotopic (exact) mass is 349 g/mol. The van der Waals surface area contributed by atoms with E-state index in [0.717, 1.165) is 16.5 Å². The number of anilines is 1. The molecule has 0 saturated heterocycles. The van der Waals surface area contributed by atoms with E-state index < -0.39 is 6.10 Å². The molecular weight excluding hydrogens is 326 g/mol. The zero-order chi connectivity index (χ0) is 18.5. The van der Waals surface area contributed by atoms with E-state index in [4.69, 9.17) is 9.47 Å². The van der Waals surface area contributed by atoms with Gasteiger partial charge in [-0.15, -0.1) is 0 Å². The minimum Gasteiger partial charge on any atom is -0.491 e. The van der Waals surface area contributed by atoms with Crippen molar-refractivity contribution in [3.8, 4) is 11.5 Å². The zero-order valence-electron chi connectivity index (χ0n) is 15.2. The molecule has 0 heterocycles. The first-order valence-corrected chi connectivity index (χ1v) is 8.75. The van der Waals surface area contributed by atoms with Gasteiger partial charge in [-0.05, 0) is 56.5 Å². The molecule has 0 aliphatic carbocycles. The van der Waals surface area contributed by atoms with Gasteiger partial charge in [0.25, 0.3) is 5.91 Å². The van der Waals surface area contributed by atoms with E-state index in [-0.39, 0.29) is 12.0 Å². The first-order valence-electron chi connectivity index (χ1n) is 8.75. The minimum atomic E-state index is -0.618. The van der Waals surface area contributed by atoms with Gasteiger partial charge >= 0.3 is 0 Å². The van der Waals surface area contributed by atoms with Gasteiger partial charge in [0.2, 0.25) is 0 Å². The molecule has 4 heteroatoms. The van der Waals surface area contributed by atoms with E-state index in [1.54, 1.807) is 6.92 Å². The highest BCUT2D eigenvalue weighted by molar-refractivity contribution is 5.95. The lowest BCUT2D eigenvalue weighted by molar-refractivity contribution is -0.122. The van der Waals surface area contributed by atoms with Gasteiger partial charge in [-0.3, -0.25) is 4.79 Å². The first-order chi connectivity index (χ1) is 12.5. The first kappa shape index (κ1) is 17.8. The highest BCUT2D eigenvalue weighted by atomic mass is 16.5. The van der Waals surface area contributed by atoms with Crippen molar-refractivity contribution in [3.63, 3.8) is 0 Å². The number of nitrogens with one attached hydrogen (secondary N) is 1. The van der Waals surface area contributed by atoms with Crippen LogP contribution in [0.5, 0.6) is 11.5 Å². The Labute approximate surface area is 153 Å². The molecule has 0 unspecified atom stereocenters. The van der Waals surface area contributed by atoms with Gasteiger partial charge in [-0.25, -0.2) is 0 Å². The average molecular weight is 349 g/mol. The SMILES string of the molecule is CC(C)Oc1ccc(NC(=O)[C@@H](C)Oc2cccc3ccccc23)cc1. The Hall–Kier alpha value is -3.01. The summed E-state index contributed by atoms with van der Waals surface area (Å²) in [6.07, 6.45) is -0.503. The second kappa shape index (κ2) is 7.91. The van der Waals surface area contributed by atoms with E-state index in [1.807, 2.05) is 80.6 Å². The summed E-state index contributed by atoms with van der Waals surface area (Å²) in [5.74, 6) is 1.28. The third-order valence-electron chi connectivity index (χ3n) is 3.92. The Kier molecular flexibility index (Phi) is 5.42. The molecular formula is C22H23NO3. The summed E-state index contributed by atoms with van der Waals surface area (Å²) in [7, 11) is 0. The molecule has 3 aromatic rings. The summed E-state index contributed by atoms with van der Waals surface area (Å²) >= 11 is 0. The predicted octanol–water partition coefficient (Wildman–Crippen LogP) is 5.03. The van der Waals surface area contributed by atoms with Gasteiger partial charge in [0.15, 0.2) is 6.10 Å². The van der Waals surface area contributed by atoms with Crippen molar-refractivity contribution in [2.45, 2.75) is 33.0 Å². The van der Waals surface area contributed by atoms with Gasteiger partial charge in [-0.1, -0.05) is 36.4 Å². The Bertz CT molecular complexity index is 882. The van der Waals surface area contributed by atoms with E-state index in [9.17, 15) is 4.79 Å². The lowest BCUT2D eigenvalue weighted by Gasteiger charge is -2.16. The number of amides is 1. The van der Waals surface area contributed by atoms with Crippen LogP contribution in [-0.4, -0.2) is 18.1 Å². The van der Waals surface area contributed by atoms with Crippen molar-refractivity contribution in [3.05, 3.63) is 66.7 Å². The fourth-order valence-electron chi connectivity index (χ4n) is 2.68. The minimum absolute atomic E-state index is 0.115. The van der Waals surface area contributed by atoms with Crippen LogP contribution in [0.3, 0.4) is 0 Å². The Morgan fingerprint density at radius 1 is 0.846 bits per heavy atom. The highest BCUT2D eigenvalue weighted by Crippen LogP contribution is 2.26. The van der Waals surface area contributed by atoms with Crippen molar-refractivity contribution in [2.75, 3.05) is 5.32 Å². The molecule has 0 aliphatic rings. The third kappa shape index (κ3) is 4.33. The van der Waals surface area contributed by atoms with Gasteiger partial charge in [0.1, 0.15) is 11.5 Å². The standard InChI is InChI=1S/C22H23NO3/c1-15(2)25-19-13-11-18(12-14-19)23-22(24)16(3)26-21-10-6-8-17-7-4-5-9-20(17)21/h4-16H,1-3H3,(H,23,24)/t16-/m1/s1. The largest absolute Gasteiger partial charge is 0.491 e. The van der Waals surface area contributed by atoms with Crippen molar-refractivity contribution in [1.29, 1.82) is 0 Å². The maximum atomic E-state index is 12.4. The molecule has 3 rings (SSSR count). The normalized spacial score (nSPS) is 12.0. The van der Waals surface area contributed by atoms with E-state index in [1.165, 1.54) is 0 Å². The van der Waals surface area contributed by atoms with Gasteiger partial charge in [0.05, 0.1) is 6.10 Å². The molecule has 0 aromatic heterocycles. The number of fused-ring (bicyclic) bond motifs is 1. The maximum Gasteiger partial charge on any atom is 0.265 e. The van der Waals surface area contributed by atoms with Crippen molar-refractivity contribution in [1.82, 2.24) is 0 Å². The van der Waals surface area contributed by atoms with Crippen LogP contribution in [0.15, 0.2) is 66.7 Å². The topological polar surface area (TPSA) is 47.6 Å². The van der Waals surface area contributed by atoms with E-state index in [2.05, 4.69) is 5.32 Å². The molecule has 0 fully saturated rings. The Morgan fingerprint density at radius 3 is 2.27 bits per heavy atom. The number of rotatable bonds is 6. The maximum absolute atomic E-state index is 12.4. The zero-order valence-corrected chi connectivity index (χ0v) is 15.2. The molecule has 1 N–H and O–H groups in total. The molecule has 3 aromatic carbocycles. The summed E-state index contributed by atoms with van der Waals surface area (Å²) in [5, 5.41) is 4.94. The van der Waals surface area contributed by atoms with Crippen molar-refractivity contribution < 1.29 is 14.3 Å². The number of hydrogen-bond donors (Lipinski definition) is 1. The van der Waals surface area contributed by atoms with E-state index >= 15 is 0 Å². The molecule has 0 spiro atoms. The molecule has 0 saturated carbocycles. The van der Waals surface area contributed by atoms with Crippen LogP contribution in [0.2, 0.25) is 0 Å². The van der Waals surface area contributed by atoms with Gasteiger partial charge in [0, 0.05) is 11.1 Å². The van der Waals surface area contributed by atoms with Crippen LogP contribution in [0.1, 0.15) is 20.8 Å². The molecule has 26 heavy (non-hydrogen) atoms. The fraction of sp³-hybridized carbons (Fsp3) is 0.227. The summed E-state index contributed by atoms with van der Waals surface area (Å²) in [5.41, 5.74) is 0.708. The lowest BCUT2D eigenvalue weighted by Crippen LogP contribution is -2.30. The summed E-state index contributed by atoms with van der Waals surface area (Å²) in [4.78, 5) is 12.4. The average Bonchev–Trinajstić information content (AvgIpc) is 2.63. The second-order valence-electron chi connectivity index (χ2n) is 6.42. The van der Waals surface area contributed by atoms with Crippen LogP contribution in [0.4, 0.5) is 5.69 Å². The molecule has 1 atom stereocenters. The van der Waals surface area contributed by atoms with Crippen LogP contribution >= 0.6 is 0 Å². The molecule has 1 amide bonds. The lowest BCUT2D eigenvalue weighted by atomic mass is 10.1. The second-order valence-corrected chi connectivity index (χ2v) is 6.42. The predicted molar refractivity (Wildman–Crippen MR) is 105 cm³/mol. The number of ether oxygens (including phenoxy) is 2. The number of benzene rings is 3. The van der Waals surface area contributed by atoms with E-state index in [0.29, 0.717) is 11.4 Å².